The second-order valence-electron chi connectivity index (χ2n) is 7.62. The second-order valence-corrected chi connectivity index (χ2v) is 7.62. The number of rotatable bonds is 8. The second kappa shape index (κ2) is 10.9. The van der Waals surface area contributed by atoms with E-state index in [4.69, 9.17) is 9.47 Å². The van der Waals surface area contributed by atoms with Crippen LogP contribution in [0.5, 0.6) is 5.75 Å². The van der Waals surface area contributed by atoms with Gasteiger partial charge in [0.05, 0.1) is 11.1 Å². The number of hydrogen-bond donors (Lipinski definition) is 0. The average molecular weight is 437 g/mol. The van der Waals surface area contributed by atoms with E-state index in [9.17, 15) is 9.59 Å². The van der Waals surface area contributed by atoms with Crippen LogP contribution >= 0.6 is 0 Å². The van der Waals surface area contributed by atoms with Crippen LogP contribution in [0.25, 0.3) is 0 Å². The van der Waals surface area contributed by atoms with Crippen LogP contribution < -0.4 is 4.74 Å². The van der Waals surface area contributed by atoms with Gasteiger partial charge in [0.15, 0.2) is 0 Å². The molecule has 33 heavy (non-hydrogen) atoms. The molecule has 0 saturated heterocycles. The molecular weight excluding hydrogens is 412 g/mol. The molecule has 0 atom stereocenters. The van der Waals surface area contributed by atoms with Crippen molar-refractivity contribution < 1.29 is 19.1 Å². The molecule has 0 amide bonds. The Morgan fingerprint density at radius 1 is 0.576 bits per heavy atom. The van der Waals surface area contributed by atoms with Crippen molar-refractivity contribution in [1.29, 1.82) is 0 Å². The molecule has 0 fully saturated rings. The highest BCUT2D eigenvalue weighted by molar-refractivity contribution is 5.93. The summed E-state index contributed by atoms with van der Waals surface area (Å²) in [6, 6.07) is 33.5. The molecular formula is C29H24O4. The molecule has 0 bridgehead atoms. The number of benzene rings is 4. The minimum Gasteiger partial charge on any atom is -0.457 e. The Morgan fingerprint density at radius 2 is 1.18 bits per heavy atom. The lowest BCUT2D eigenvalue weighted by Gasteiger charge is -2.10. The fourth-order valence-electron chi connectivity index (χ4n) is 3.49. The Labute approximate surface area is 193 Å². The molecule has 164 valence electrons. The van der Waals surface area contributed by atoms with Crippen molar-refractivity contribution in [2.75, 3.05) is 0 Å². The van der Waals surface area contributed by atoms with Gasteiger partial charge in [-0.15, -0.1) is 0 Å². The summed E-state index contributed by atoms with van der Waals surface area (Å²) >= 11 is 0. The van der Waals surface area contributed by atoms with E-state index in [0.29, 0.717) is 16.9 Å². The quantitative estimate of drug-likeness (QED) is 0.249. The average Bonchev–Trinajstić information content (AvgIpc) is 2.88. The number of carbonyl (C=O) groups excluding carboxylic acids is 2. The van der Waals surface area contributed by atoms with Crippen molar-refractivity contribution in [3.63, 3.8) is 0 Å². The first-order valence-corrected chi connectivity index (χ1v) is 10.8. The smallest absolute Gasteiger partial charge is 0.343 e. The summed E-state index contributed by atoms with van der Waals surface area (Å²) in [6.45, 7) is 0.205. The van der Waals surface area contributed by atoms with Crippen LogP contribution in [0.15, 0.2) is 109 Å². The Hall–Kier alpha value is -4.18. The van der Waals surface area contributed by atoms with Crippen LogP contribution in [0.4, 0.5) is 0 Å². The molecule has 4 heteroatoms. The summed E-state index contributed by atoms with van der Waals surface area (Å²) in [5.74, 6) is -0.474. The maximum atomic E-state index is 12.8. The van der Waals surface area contributed by atoms with Gasteiger partial charge in [0.1, 0.15) is 12.4 Å². The molecule has 0 N–H and O–H groups in total. The van der Waals surface area contributed by atoms with Crippen LogP contribution in [0.3, 0.4) is 0 Å². The molecule has 0 aliphatic carbocycles. The van der Waals surface area contributed by atoms with Gasteiger partial charge in [-0.3, -0.25) is 0 Å². The van der Waals surface area contributed by atoms with Crippen molar-refractivity contribution in [2.45, 2.75) is 19.4 Å². The monoisotopic (exact) mass is 436 g/mol. The van der Waals surface area contributed by atoms with Crippen LogP contribution in [0.1, 0.15) is 37.4 Å². The van der Waals surface area contributed by atoms with Crippen molar-refractivity contribution >= 4 is 11.9 Å². The highest BCUT2D eigenvalue weighted by Gasteiger charge is 2.14. The SMILES string of the molecule is O=C(OCc1ccccc1)c1ccc(OC(=O)c2ccccc2CCc2ccccc2)cc1. The van der Waals surface area contributed by atoms with E-state index in [1.807, 2.05) is 66.7 Å². The van der Waals surface area contributed by atoms with Crippen molar-refractivity contribution in [3.8, 4) is 5.75 Å². The van der Waals surface area contributed by atoms with Crippen LogP contribution in [-0.4, -0.2) is 11.9 Å². The topological polar surface area (TPSA) is 52.6 Å². The number of esters is 2. The van der Waals surface area contributed by atoms with Gasteiger partial charge in [-0.1, -0.05) is 78.9 Å². The van der Waals surface area contributed by atoms with Gasteiger partial charge in [0.2, 0.25) is 0 Å². The highest BCUT2D eigenvalue weighted by Crippen LogP contribution is 2.18. The summed E-state index contributed by atoms with van der Waals surface area (Å²) < 4.78 is 10.9. The lowest BCUT2D eigenvalue weighted by atomic mass is 10.00. The van der Waals surface area contributed by atoms with Gasteiger partial charge in [0.25, 0.3) is 0 Å². The first-order valence-electron chi connectivity index (χ1n) is 10.8. The van der Waals surface area contributed by atoms with E-state index in [1.54, 1.807) is 30.3 Å². The number of aryl methyl sites for hydroxylation is 2. The zero-order valence-electron chi connectivity index (χ0n) is 18.1. The van der Waals surface area contributed by atoms with Crippen LogP contribution in [0, 0.1) is 0 Å². The molecule has 4 aromatic carbocycles. The predicted octanol–water partition coefficient (Wildman–Crippen LogP) is 6.05. The molecule has 0 heterocycles. The van der Waals surface area contributed by atoms with Gasteiger partial charge >= 0.3 is 11.9 Å². The van der Waals surface area contributed by atoms with Gasteiger partial charge in [-0.2, -0.15) is 0 Å². The summed E-state index contributed by atoms with van der Waals surface area (Å²) in [7, 11) is 0. The van der Waals surface area contributed by atoms with E-state index in [2.05, 4.69) is 12.1 Å². The van der Waals surface area contributed by atoms with Gasteiger partial charge in [-0.05, 0) is 59.9 Å². The molecule has 0 aliphatic heterocycles. The zero-order chi connectivity index (χ0) is 22.9. The highest BCUT2D eigenvalue weighted by atomic mass is 16.5. The normalized spacial score (nSPS) is 10.4. The van der Waals surface area contributed by atoms with Crippen molar-refractivity contribution in [3.05, 3.63) is 137 Å². The third kappa shape index (κ3) is 6.17. The zero-order valence-corrected chi connectivity index (χ0v) is 18.1. The molecule has 0 spiro atoms. The van der Waals surface area contributed by atoms with E-state index < -0.39 is 11.9 Å². The molecule has 4 aromatic rings. The Balaban J connectivity index is 1.36. The van der Waals surface area contributed by atoms with E-state index in [1.165, 1.54) is 5.56 Å². The van der Waals surface area contributed by atoms with Gasteiger partial charge in [0, 0.05) is 0 Å². The predicted molar refractivity (Wildman–Crippen MR) is 127 cm³/mol. The standard InChI is InChI=1S/C29H24O4/c30-28(32-21-23-11-5-2-6-12-23)25-17-19-26(20-18-25)33-29(31)27-14-8-7-13-24(27)16-15-22-9-3-1-4-10-22/h1-14,17-20H,15-16,21H2. The van der Waals surface area contributed by atoms with Crippen molar-refractivity contribution in [1.82, 2.24) is 0 Å². The fourth-order valence-corrected chi connectivity index (χ4v) is 3.49. The first kappa shape index (κ1) is 22.0. The fraction of sp³-hybridized carbons (Fsp3) is 0.103. The number of carbonyl (C=O) groups is 2. The first-order chi connectivity index (χ1) is 16.2. The Bertz CT molecular complexity index is 1200. The summed E-state index contributed by atoms with van der Waals surface area (Å²) in [5, 5.41) is 0. The summed E-state index contributed by atoms with van der Waals surface area (Å²) in [6.07, 6.45) is 1.58. The molecule has 4 rings (SSSR count). The van der Waals surface area contributed by atoms with E-state index in [0.717, 1.165) is 24.0 Å². The third-order valence-corrected chi connectivity index (χ3v) is 5.28. The molecule has 0 saturated carbocycles. The van der Waals surface area contributed by atoms with Crippen LogP contribution in [0.2, 0.25) is 0 Å². The molecule has 0 unspecified atom stereocenters. The molecule has 0 radical (unpaired) electrons. The summed E-state index contributed by atoms with van der Waals surface area (Å²) in [5.41, 5.74) is 4.01. The largest absolute Gasteiger partial charge is 0.457 e. The summed E-state index contributed by atoms with van der Waals surface area (Å²) in [4.78, 5) is 25.1. The molecule has 0 aliphatic rings. The van der Waals surface area contributed by atoms with Crippen molar-refractivity contribution in [2.24, 2.45) is 0 Å². The van der Waals surface area contributed by atoms with Gasteiger partial charge < -0.3 is 9.47 Å². The lowest BCUT2D eigenvalue weighted by molar-refractivity contribution is 0.0472. The Morgan fingerprint density at radius 3 is 1.88 bits per heavy atom. The van der Waals surface area contributed by atoms with E-state index >= 15 is 0 Å². The Kier molecular flexibility index (Phi) is 7.29. The number of ether oxygens (including phenoxy) is 2. The van der Waals surface area contributed by atoms with E-state index in [-0.39, 0.29) is 6.61 Å². The molecule has 0 aromatic heterocycles. The minimum atomic E-state index is -0.428. The lowest BCUT2D eigenvalue weighted by Crippen LogP contribution is -2.12. The maximum absolute atomic E-state index is 12.8. The molecule has 4 nitrogen and oxygen atoms in total. The third-order valence-electron chi connectivity index (χ3n) is 5.28. The minimum absolute atomic E-state index is 0.205. The maximum Gasteiger partial charge on any atom is 0.343 e. The van der Waals surface area contributed by atoms with Gasteiger partial charge in [-0.25, -0.2) is 9.59 Å². The number of hydrogen-bond acceptors (Lipinski definition) is 4. The van der Waals surface area contributed by atoms with Crippen LogP contribution in [-0.2, 0) is 24.2 Å².